The summed E-state index contributed by atoms with van der Waals surface area (Å²) in [4.78, 5) is 4.33. The monoisotopic (exact) mass is 276 g/mol. The topological polar surface area (TPSA) is 44.5 Å². The molecule has 0 aromatic carbocycles. The summed E-state index contributed by atoms with van der Waals surface area (Å²) in [6.45, 7) is 8.40. The zero-order valence-electron chi connectivity index (χ0n) is 9.06. The van der Waals surface area contributed by atoms with Crippen molar-refractivity contribution in [2.75, 3.05) is 32.8 Å². The van der Waals surface area contributed by atoms with Crippen molar-refractivity contribution in [2.24, 2.45) is 5.73 Å². The molecule has 0 aromatic rings. The molecule has 1 aliphatic heterocycles. The highest BCUT2D eigenvalue weighted by Crippen LogP contribution is 2.06. The third kappa shape index (κ3) is 5.81. The molecule has 5 heteroatoms. The molecule has 4 nitrogen and oxygen atoms in total. The van der Waals surface area contributed by atoms with Gasteiger partial charge >= 0.3 is 0 Å². The van der Waals surface area contributed by atoms with E-state index in [0.717, 1.165) is 32.7 Å². The van der Waals surface area contributed by atoms with Gasteiger partial charge in [-0.05, 0) is 19.2 Å². The molecule has 0 atom stereocenters. The van der Waals surface area contributed by atoms with Gasteiger partial charge in [-0.25, -0.2) is 0 Å². The first-order valence-corrected chi connectivity index (χ1v) is 5.08. The summed E-state index contributed by atoms with van der Waals surface area (Å²) in [5.41, 5.74) is 5.37. The minimum absolute atomic E-state index is 0. The Labute approximate surface area is 103 Å². The van der Waals surface area contributed by atoms with Crippen molar-refractivity contribution in [1.82, 2.24) is 15.1 Å². The van der Waals surface area contributed by atoms with Crippen LogP contribution in [-0.4, -0.2) is 42.6 Å². The highest BCUT2D eigenvalue weighted by molar-refractivity contribution is 8.93. The zero-order valence-corrected chi connectivity index (χ0v) is 10.8. The third-order valence-electron chi connectivity index (χ3n) is 2.17. The molecule has 0 aliphatic carbocycles. The molecule has 0 bridgehead atoms. The van der Waals surface area contributed by atoms with Gasteiger partial charge in [0.25, 0.3) is 0 Å². The first-order valence-electron chi connectivity index (χ1n) is 5.08. The van der Waals surface area contributed by atoms with E-state index >= 15 is 0 Å². The van der Waals surface area contributed by atoms with E-state index in [2.05, 4.69) is 27.9 Å². The largest absolute Gasteiger partial charge is 0.358 e. The summed E-state index contributed by atoms with van der Waals surface area (Å²) in [7, 11) is 0. The Morgan fingerprint density at radius 1 is 1.40 bits per heavy atom. The van der Waals surface area contributed by atoms with Crippen molar-refractivity contribution in [3.8, 4) is 0 Å². The van der Waals surface area contributed by atoms with Crippen LogP contribution in [0.15, 0.2) is 25.2 Å². The molecule has 0 spiro atoms. The van der Waals surface area contributed by atoms with Gasteiger partial charge in [0.1, 0.15) is 0 Å². The lowest BCUT2D eigenvalue weighted by Gasteiger charge is -2.18. The summed E-state index contributed by atoms with van der Waals surface area (Å²) >= 11 is 0. The molecule has 0 radical (unpaired) electrons. The highest BCUT2D eigenvalue weighted by atomic mass is 79.9. The summed E-state index contributed by atoms with van der Waals surface area (Å²) in [5, 5.41) is 3.27. The van der Waals surface area contributed by atoms with Crippen molar-refractivity contribution in [3.63, 3.8) is 0 Å². The minimum atomic E-state index is 0. The number of hydrogen-bond donors (Lipinski definition) is 2. The molecule has 0 saturated heterocycles. The summed E-state index contributed by atoms with van der Waals surface area (Å²) in [6.07, 6.45) is 7.13. The Kier molecular flexibility index (Phi) is 8.46. The molecule has 3 N–H and O–H groups in total. The molecular formula is C10H21BrN4. The van der Waals surface area contributed by atoms with Gasteiger partial charge in [-0.3, -0.25) is 0 Å². The second-order valence-electron chi connectivity index (χ2n) is 3.34. The number of hydrogen-bond acceptors (Lipinski definition) is 4. The number of halogens is 1. The maximum absolute atomic E-state index is 5.37. The SMILES string of the molecule is Br.C=CN1C=CN(CCCNCCN)C1. The molecular weight excluding hydrogens is 256 g/mol. The average molecular weight is 277 g/mol. The van der Waals surface area contributed by atoms with Crippen LogP contribution >= 0.6 is 17.0 Å². The molecule has 1 rings (SSSR count). The Morgan fingerprint density at radius 2 is 2.20 bits per heavy atom. The Morgan fingerprint density at radius 3 is 2.80 bits per heavy atom. The quantitative estimate of drug-likeness (QED) is 0.672. The first-order chi connectivity index (χ1) is 6.86. The van der Waals surface area contributed by atoms with Crippen LogP contribution in [0.3, 0.4) is 0 Å². The van der Waals surface area contributed by atoms with Crippen molar-refractivity contribution < 1.29 is 0 Å². The predicted molar refractivity (Wildman–Crippen MR) is 69.6 cm³/mol. The standard InChI is InChI=1S/C10H20N4.BrH/c1-2-13-8-9-14(10-13)7-3-5-12-6-4-11;/h2,8-9,12H,1,3-7,10-11H2;1H. The summed E-state index contributed by atoms with van der Waals surface area (Å²) < 4.78 is 0. The normalized spacial score (nSPS) is 14.2. The third-order valence-corrected chi connectivity index (χ3v) is 2.17. The van der Waals surface area contributed by atoms with Crippen LogP contribution in [0, 0.1) is 0 Å². The maximum atomic E-state index is 5.37. The molecule has 15 heavy (non-hydrogen) atoms. The fourth-order valence-electron chi connectivity index (χ4n) is 1.38. The van der Waals surface area contributed by atoms with Crippen LogP contribution in [0.2, 0.25) is 0 Å². The lowest BCUT2D eigenvalue weighted by Crippen LogP contribution is -2.28. The lowest BCUT2D eigenvalue weighted by molar-refractivity contribution is 0.310. The van der Waals surface area contributed by atoms with Crippen LogP contribution in [0.4, 0.5) is 0 Å². The number of rotatable bonds is 7. The highest BCUT2D eigenvalue weighted by Gasteiger charge is 2.07. The van der Waals surface area contributed by atoms with Crippen molar-refractivity contribution in [3.05, 3.63) is 25.2 Å². The van der Waals surface area contributed by atoms with Crippen LogP contribution in [-0.2, 0) is 0 Å². The molecule has 1 heterocycles. The van der Waals surface area contributed by atoms with Crippen LogP contribution in [0.1, 0.15) is 6.42 Å². The van der Waals surface area contributed by atoms with Crippen LogP contribution < -0.4 is 11.1 Å². The second kappa shape index (κ2) is 8.76. The predicted octanol–water partition coefficient (Wildman–Crippen LogP) is 0.692. The Bertz CT molecular complexity index is 196. The van der Waals surface area contributed by atoms with Gasteiger partial charge in [0.05, 0.1) is 6.67 Å². The van der Waals surface area contributed by atoms with Crippen molar-refractivity contribution in [1.29, 1.82) is 0 Å². The van der Waals surface area contributed by atoms with E-state index in [1.165, 1.54) is 0 Å². The molecule has 0 saturated carbocycles. The summed E-state index contributed by atoms with van der Waals surface area (Å²) in [5.74, 6) is 0. The molecule has 0 amide bonds. The van der Waals surface area contributed by atoms with E-state index in [4.69, 9.17) is 5.73 Å². The van der Waals surface area contributed by atoms with Gasteiger partial charge in [0.15, 0.2) is 0 Å². The van der Waals surface area contributed by atoms with Crippen molar-refractivity contribution >= 4 is 17.0 Å². The molecule has 0 unspecified atom stereocenters. The minimum Gasteiger partial charge on any atom is -0.358 e. The van der Waals surface area contributed by atoms with Crippen molar-refractivity contribution in [2.45, 2.75) is 6.42 Å². The summed E-state index contributed by atoms with van der Waals surface area (Å²) in [6, 6.07) is 0. The maximum Gasteiger partial charge on any atom is 0.0935 e. The lowest BCUT2D eigenvalue weighted by atomic mass is 10.4. The van der Waals surface area contributed by atoms with Gasteiger partial charge in [-0.1, -0.05) is 6.58 Å². The van der Waals surface area contributed by atoms with E-state index in [9.17, 15) is 0 Å². The number of nitrogens with one attached hydrogen (secondary N) is 1. The van der Waals surface area contributed by atoms with Gasteiger partial charge in [-0.2, -0.15) is 0 Å². The zero-order chi connectivity index (χ0) is 10.2. The molecule has 0 fully saturated rings. The first kappa shape index (κ1) is 14.5. The van der Waals surface area contributed by atoms with Crippen LogP contribution in [0.5, 0.6) is 0 Å². The fraction of sp³-hybridized carbons (Fsp3) is 0.600. The van der Waals surface area contributed by atoms with E-state index < -0.39 is 0 Å². The Balaban J connectivity index is 0.00000196. The van der Waals surface area contributed by atoms with Gasteiger partial charge < -0.3 is 20.9 Å². The molecule has 0 aromatic heterocycles. The molecule has 1 aliphatic rings. The molecule has 88 valence electrons. The second-order valence-corrected chi connectivity index (χ2v) is 3.34. The Hall–Kier alpha value is -0.520. The number of nitrogens with two attached hydrogens (primary N) is 1. The van der Waals surface area contributed by atoms with Gasteiger partial charge in [0.2, 0.25) is 0 Å². The van der Waals surface area contributed by atoms with E-state index in [-0.39, 0.29) is 17.0 Å². The van der Waals surface area contributed by atoms with Crippen LogP contribution in [0.25, 0.3) is 0 Å². The smallest absolute Gasteiger partial charge is 0.0935 e. The average Bonchev–Trinajstić information content (AvgIpc) is 2.65. The van der Waals surface area contributed by atoms with E-state index in [1.807, 2.05) is 12.4 Å². The number of nitrogens with zero attached hydrogens (tertiary/aromatic N) is 2. The van der Waals surface area contributed by atoms with Gasteiger partial charge in [-0.15, -0.1) is 17.0 Å². The van der Waals surface area contributed by atoms with Gasteiger partial charge in [0, 0.05) is 32.0 Å². The fourth-order valence-corrected chi connectivity index (χ4v) is 1.38. The van der Waals surface area contributed by atoms with E-state index in [0.29, 0.717) is 6.54 Å². The van der Waals surface area contributed by atoms with E-state index in [1.54, 1.807) is 0 Å².